The van der Waals surface area contributed by atoms with E-state index >= 15 is 0 Å². The third-order valence-electron chi connectivity index (χ3n) is 4.75. The van der Waals surface area contributed by atoms with Gasteiger partial charge in [0.05, 0.1) is 24.2 Å². The summed E-state index contributed by atoms with van der Waals surface area (Å²) < 4.78 is 11.2. The number of rotatable bonds is 11. The van der Waals surface area contributed by atoms with E-state index in [9.17, 15) is 28.8 Å². The molecule has 0 aliphatic carbocycles. The zero-order valence-electron chi connectivity index (χ0n) is 18.6. The normalized spacial score (nSPS) is 17.4. The van der Waals surface area contributed by atoms with E-state index in [0.717, 1.165) is 0 Å². The molecular weight excluding hydrogens is 428 g/mol. The van der Waals surface area contributed by atoms with Crippen LogP contribution < -0.4 is 0 Å². The number of imide groups is 2. The number of ether oxygens (including phenoxy) is 2. The van der Waals surface area contributed by atoms with Crippen LogP contribution in [0, 0.1) is 0 Å². The molecule has 4 amide bonds. The number of amides is 4. The molecule has 0 N–H and O–H groups in total. The Bertz CT molecular complexity index is 772. The third-order valence-corrected chi connectivity index (χ3v) is 4.75. The van der Waals surface area contributed by atoms with Gasteiger partial charge >= 0.3 is 11.9 Å². The monoisotopic (exact) mass is 456 g/mol. The summed E-state index contributed by atoms with van der Waals surface area (Å²) >= 11 is 0. The lowest BCUT2D eigenvalue weighted by molar-refractivity contribution is -0.203. The van der Waals surface area contributed by atoms with Gasteiger partial charge in [0.1, 0.15) is 6.61 Å². The smallest absolute Gasteiger partial charge is 0.358 e. The van der Waals surface area contributed by atoms with Crippen LogP contribution in [0.1, 0.15) is 66.2 Å². The van der Waals surface area contributed by atoms with Gasteiger partial charge < -0.3 is 19.1 Å². The van der Waals surface area contributed by atoms with Crippen LogP contribution in [0.5, 0.6) is 0 Å². The van der Waals surface area contributed by atoms with Crippen molar-refractivity contribution in [3.63, 3.8) is 0 Å². The summed E-state index contributed by atoms with van der Waals surface area (Å²) in [5.74, 6) is -3.92. The van der Waals surface area contributed by atoms with Crippen molar-refractivity contribution in [1.82, 2.24) is 10.1 Å². The highest BCUT2D eigenvalue weighted by Crippen LogP contribution is 2.21. The van der Waals surface area contributed by atoms with Gasteiger partial charge in [-0.3, -0.25) is 19.2 Å². The molecule has 0 aromatic rings. The Balaban J connectivity index is 1.70. The van der Waals surface area contributed by atoms with Gasteiger partial charge in [0.15, 0.2) is 0 Å². The van der Waals surface area contributed by atoms with E-state index in [2.05, 4.69) is 0 Å². The number of hydrogen-bond acceptors (Lipinski definition) is 10. The van der Waals surface area contributed by atoms with Crippen LogP contribution in [-0.4, -0.2) is 70.1 Å². The molecular formula is C20H28N2O10. The Morgan fingerprint density at radius 1 is 0.719 bits per heavy atom. The van der Waals surface area contributed by atoms with Gasteiger partial charge in [0.25, 0.3) is 23.6 Å². The van der Waals surface area contributed by atoms with E-state index in [1.807, 2.05) is 0 Å². The second-order valence-corrected chi connectivity index (χ2v) is 8.67. The summed E-state index contributed by atoms with van der Waals surface area (Å²) in [6.45, 7) is 6.41. The number of carbonyl (C=O) groups is 6. The largest absolute Gasteiger partial charge is 0.375 e. The van der Waals surface area contributed by atoms with E-state index in [1.54, 1.807) is 27.7 Å². The van der Waals surface area contributed by atoms with Crippen LogP contribution in [0.15, 0.2) is 0 Å². The first-order chi connectivity index (χ1) is 14.8. The Kier molecular flexibility index (Phi) is 8.07. The summed E-state index contributed by atoms with van der Waals surface area (Å²) in [4.78, 5) is 79.5. The van der Waals surface area contributed by atoms with Crippen molar-refractivity contribution in [2.24, 2.45) is 0 Å². The quantitative estimate of drug-likeness (QED) is 0.404. The van der Waals surface area contributed by atoms with Crippen LogP contribution in [0.25, 0.3) is 0 Å². The lowest BCUT2D eigenvalue weighted by atomic mass is 10.0. The molecule has 32 heavy (non-hydrogen) atoms. The highest BCUT2D eigenvalue weighted by molar-refractivity contribution is 6.02. The molecule has 2 aliphatic rings. The van der Waals surface area contributed by atoms with Gasteiger partial charge in [0, 0.05) is 25.7 Å². The van der Waals surface area contributed by atoms with Gasteiger partial charge in [-0.1, -0.05) is 0 Å². The molecule has 12 heteroatoms. The molecule has 2 heterocycles. The minimum absolute atomic E-state index is 0.00375. The minimum Gasteiger partial charge on any atom is -0.375 e. The average Bonchev–Trinajstić information content (AvgIpc) is 3.16. The van der Waals surface area contributed by atoms with Crippen molar-refractivity contribution in [3.05, 3.63) is 0 Å². The highest BCUT2D eigenvalue weighted by atomic mass is 16.7. The number of nitrogens with zero attached hydrogens (tertiary/aromatic N) is 2. The standard InChI is InChI=1S/C20H28N2O10/c1-19(2,30-12-18(28)32-22-15(25)7-8-16(22)26)9-10-29-20(3,4)11-17(27)31-21-13(23)5-6-14(21)24/h5-12H2,1-4H3. The molecule has 0 atom stereocenters. The van der Waals surface area contributed by atoms with E-state index in [1.165, 1.54) is 0 Å². The molecule has 0 bridgehead atoms. The zero-order valence-corrected chi connectivity index (χ0v) is 18.6. The Labute approximate surface area is 185 Å². The minimum atomic E-state index is -0.950. The van der Waals surface area contributed by atoms with Crippen molar-refractivity contribution in [3.8, 4) is 0 Å². The molecule has 2 fully saturated rings. The lowest BCUT2D eigenvalue weighted by Gasteiger charge is -2.29. The van der Waals surface area contributed by atoms with Gasteiger partial charge in [0.2, 0.25) is 0 Å². The van der Waals surface area contributed by atoms with Crippen molar-refractivity contribution < 1.29 is 47.9 Å². The molecule has 2 rings (SSSR count). The van der Waals surface area contributed by atoms with Crippen LogP contribution in [0.2, 0.25) is 0 Å². The maximum atomic E-state index is 12.1. The second-order valence-electron chi connectivity index (χ2n) is 8.67. The highest BCUT2D eigenvalue weighted by Gasteiger charge is 2.35. The second kappa shape index (κ2) is 10.2. The fourth-order valence-corrected chi connectivity index (χ4v) is 2.88. The Morgan fingerprint density at radius 3 is 1.62 bits per heavy atom. The van der Waals surface area contributed by atoms with Crippen LogP contribution in [-0.2, 0) is 47.9 Å². The predicted molar refractivity (Wildman–Crippen MR) is 104 cm³/mol. The van der Waals surface area contributed by atoms with Crippen molar-refractivity contribution in [2.45, 2.75) is 77.4 Å². The summed E-state index contributed by atoms with van der Waals surface area (Å²) in [7, 11) is 0. The number of hydrogen-bond donors (Lipinski definition) is 0. The van der Waals surface area contributed by atoms with E-state index in [-0.39, 0.29) is 38.7 Å². The number of carbonyl (C=O) groups excluding carboxylic acids is 6. The zero-order chi connectivity index (χ0) is 24.1. The molecule has 0 radical (unpaired) electrons. The van der Waals surface area contributed by atoms with E-state index in [4.69, 9.17) is 19.1 Å². The summed E-state index contributed by atoms with van der Waals surface area (Å²) in [6.07, 6.45) is 0.172. The van der Waals surface area contributed by atoms with Gasteiger partial charge in [-0.2, -0.15) is 0 Å². The first kappa shape index (κ1) is 25.4. The van der Waals surface area contributed by atoms with Crippen LogP contribution in [0.4, 0.5) is 0 Å². The lowest BCUT2D eigenvalue weighted by Crippen LogP contribution is -2.38. The topological polar surface area (TPSA) is 146 Å². The van der Waals surface area contributed by atoms with E-state index in [0.29, 0.717) is 16.5 Å². The van der Waals surface area contributed by atoms with Crippen molar-refractivity contribution in [2.75, 3.05) is 13.2 Å². The van der Waals surface area contributed by atoms with Gasteiger partial charge in [-0.15, -0.1) is 10.1 Å². The molecule has 12 nitrogen and oxygen atoms in total. The van der Waals surface area contributed by atoms with Crippen molar-refractivity contribution in [1.29, 1.82) is 0 Å². The first-order valence-corrected chi connectivity index (χ1v) is 10.2. The number of hydroxylamine groups is 4. The maximum Gasteiger partial charge on any atom is 0.358 e. The Morgan fingerprint density at radius 2 is 1.16 bits per heavy atom. The molecule has 0 spiro atoms. The third kappa shape index (κ3) is 7.38. The maximum absolute atomic E-state index is 12.1. The first-order valence-electron chi connectivity index (χ1n) is 10.2. The van der Waals surface area contributed by atoms with Crippen LogP contribution >= 0.6 is 0 Å². The summed E-state index contributed by atoms with van der Waals surface area (Å²) in [6, 6.07) is 0. The fourth-order valence-electron chi connectivity index (χ4n) is 2.88. The Hall–Kier alpha value is -2.86. The van der Waals surface area contributed by atoms with Gasteiger partial charge in [-0.05, 0) is 34.1 Å². The molecule has 2 saturated heterocycles. The SMILES string of the molecule is CC(C)(CCOC(C)(C)CC(=O)ON1C(=O)CCC1=O)OCC(=O)ON1C(=O)CCC1=O. The van der Waals surface area contributed by atoms with Crippen molar-refractivity contribution >= 4 is 35.6 Å². The molecule has 0 saturated carbocycles. The molecule has 0 unspecified atom stereocenters. The van der Waals surface area contributed by atoms with E-state index < -0.39 is 53.4 Å². The molecule has 0 aromatic carbocycles. The summed E-state index contributed by atoms with van der Waals surface area (Å²) in [5, 5.41) is 0.935. The predicted octanol–water partition coefficient (Wildman–Crippen LogP) is 0.571. The van der Waals surface area contributed by atoms with Gasteiger partial charge in [-0.25, -0.2) is 9.59 Å². The fraction of sp³-hybridized carbons (Fsp3) is 0.700. The summed E-state index contributed by atoms with van der Waals surface area (Å²) in [5.41, 5.74) is -1.77. The van der Waals surface area contributed by atoms with Crippen LogP contribution in [0.3, 0.4) is 0 Å². The molecule has 0 aromatic heterocycles. The molecule has 178 valence electrons. The molecule has 2 aliphatic heterocycles. The average molecular weight is 456 g/mol.